The summed E-state index contributed by atoms with van der Waals surface area (Å²) >= 11 is 7.01. The lowest BCUT2D eigenvalue weighted by atomic mass is 9.91. The van der Waals surface area contributed by atoms with E-state index in [4.69, 9.17) is 18.9 Å². The lowest BCUT2D eigenvalue weighted by Crippen LogP contribution is -2.49. The molecule has 0 radical (unpaired) electrons. The van der Waals surface area contributed by atoms with E-state index in [1.807, 2.05) is 0 Å². The molecule has 2 aliphatic rings. The quantitative estimate of drug-likeness (QED) is 0.233. The van der Waals surface area contributed by atoms with Gasteiger partial charge in [0, 0.05) is 29.3 Å². The van der Waals surface area contributed by atoms with Crippen molar-refractivity contribution in [3.63, 3.8) is 0 Å². The number of hydrogen-bond acceptors (Lipinski definition) is 8. The highest BCUT2D eigenvalue weighted by atomic mass is 32.1. The molecular weight excluding hydrogens is 541 g/mol. The Balaban J connectivity index is 1.00. The molecule has 0 aliphatic carbocycles. The molecule has 0 amide bonds. The van der Waals surface area contributed by atoms with Gasteiger partial charge < -0.3 is 18.9 Å². The normalized spacial score (nSPS) is 24.6. The van der Waals surface area contributed by atoms with Gasteiger partial charge in [0.15, 0.2) is 12.6 Å². The van der Waals surface area contributed by atoms with E-state index in [9.17, 15) is 0 Å². The van der Waals surface area contributed by atoms with Crippen LogP contribution in [-0.4, -0.2) is 26.4 Å². The fraction of sp³-hybridized carbons (Fsp3) is 0.310. The summed E-state index contributed by atoms with van der Waals surface area (Å²) < 4.78 is 24.6. The van der Waals surface area contributed by atoms with Crippen LogP contribution >= 0.6 is 45.3 Å². The monoisotopic (exact) mass is 568 g/mol. The third-order valence-corrected chi connectivity index (χ3v) is 10.3. The number of aryl methyl sites for hydroxylation is 2. The van der Waals surface area contributed by atoms with Gasteiger partial charge in [-0.2, -0.15) is 0 Å². The van der Waals surface area contributed by atoms with Crippen molar-refractivity contribution in [3.8, 4) is 0 Å². The molecule has 1 spiro atoms. The van der Waals surface area contributed by atoms with Gasteiger partial charge in [0.2, 0.25) is 0 Å². The molecule has 6 rings (SSSR count). The van der Waals surface area contributed by atoms with Crippen LogP contribution in [-0.2, 0) is 18.9 Å². The highest BCUT2D eigenvalue weighted by molar-refractivity contribution is 7.14. The molecule has 6 heterocycles. The van der Waals surface area contributed by atoms with Gasteiger partial charge in [0.25, 0.3) is 0 Å². The van der Waals surface area contributed by atoms with Crippen LogP contribution in [0.2, 0.25) is 0 Å². The summed E-state index contributed by atoms with van der Waals surface area (Å²) in [6.07, 6.45) is 7.96. The zero-order valence-electron chi connectivity index (χ0n) is 20.7. The Labute approximate surface area is 233 Å². The molecule has 4 nitrogen and oxygen atoms in total. The van der Waals surface area contributed by atoms with Gasteiger partial charge in [-0.3, -0.25) is 0 Å². The van der Waals surface area contributed by atoms with Crippen molar-refractivity contribution >= 4 is 69.7 Å². The number of ether oxygens (including phenoxy) is 4. The van der Waals surface area contributed by atoms with Gasteiger partial charge >= 0.3 is 0 Å². The predicted octanol–water partition coefficient (Wildman–Crippen LogP) is 8.67. The highest BCUT2D eigenvalue weighted by Gasteiger charge is 2.43. The first-order chi connectivity index (χ1) is 18.0. The number of thiophene rings is 4. The van der Waals surface area contributed by atoms with E-state index in [1.165, 1.54) is 29.3 Å². The second kappa shape index (κ2) is 11.1. The predicted molar refractivity (Wildman–Crippen MR) is 156 cm³/mol. The molecule has 2 aliphatic heterocycles. The molecule has 0 bridgehead atoms. The minimum Gasteiger partial charge on any atom is -0.347 e. The summed E-state index contributed by atoms with van der Waals surface area (Å²) in [6.45, 7) is 6.48. The maximum Gasteiger partial charge on any atom is 0.193 e. The SMILES string of the molecule is Cc1ccc(/C=C/c2ccc(C3OCC4(CO3)COC(c3ccc(/C=C/c5ccc(C)s5)s3)OC4)s2)s1. The maximum absolute atomic E-state index is 6.16. The van der Waals surface area contributed by atoms with E-state index in [0.717, 1.165) is 9.75 Å². The Morgan fingerprint density at radius 2 is 0.892 bits per heavy atom. The van der Waals surface area contributed by atoms with Crippen molar-refractivity contribution in [2.45, 2.75) is 26.4 Å². The second-order valence-electron chi connectivity index (χ2n) is 9.45. The fourth-order valence-corrected chi connectivity index (χ4v) is 7.65. The van der Waals surface area contributed by atoms with Crippen LogP contribution in [0.1, 0.15) is 51.6 Å². The molecule has 192 valence electrons. The van der Waals surface area contributed by atoms with Crippen molar-refractivity contribution < 1.29 is 18.9 Å². The van der Waals surface area contributed by atoms with E-state index in [1.54, 1.807) is 45.3 Å². The number of hydrogen-bond donors (Lipinski definition) is 0. The van der Waals surface area contributed by atoms with Crippen LogP contribution in [0.3, 0.4) is 0 Å². The Morgan fingerprint density at radius 3 is 1.24 bits per heavy atom. The third-order valence-electron chi connectivity index (χ3n) is 6.27. The number of rotatable bonds is 6. The molecule has 4 aromatic rings. The first-order valence-electron chi connectivity index (χ1n) is 12.2. The first kappa shape index (κ1) is 25.4. The topological polar surface area (TPSA) is 36.9 Å². The van der Waals surface area contributed by atoms with Crippen LogP contribution in [0.15, 0.2) is 48.5 Å². The molecule has 0 aromatic carbocycles. The van der Waals surface area contributed by atoms with Crippen LogP contribution in [0.4, 0.5) is 0 Å². The van der Waals surface area contributed by atoms with E-state index >= 15 is 0 Å². The van der Waals surface area contributed by atoms with Crippen molar-refractivity contribution in [2.24, 2.45) is 5.41 Å². The highest BCUT2D eigenvalue weighted by Crippen LogP contribution is 2.41. The fourth-order valence-electron chi connectivity index (χ4n) is 4.27. The van der Waals surface area contributed by atoms with Gasteiger partial charge in [0.1, 0.15) is 0 Å². The van der Waals surface area contributed by atoms with Gasteiger partial charge in [-0.1, -0.05) is 0 Å². The van der Waals surface area contributed by atoms with Crippen LogP contribution < -0.4 is 0 Å². The standard InChI is InChI=1S/C29H28O4S4/c1-19-3-5-21(34-19)7-9-23-11-13-25(36-23)27-30-15-29(16-31-27)17-32-28(33-18-29)26-14-12-24(37-26)10-8-22-6-4-20(2)35-22/h3-14,27-28H,15-18H2,1-2H3/b9-7+,10-8+. The van der Waals surface area contributed by atoms with E-state index in [0.29, 0.717) is 26.4 Å². The summed E-state index contributed by atoms with van der Waals surface area (Å²) in [5, 5.41) is 0. The minimum atomic E-state index is -0.335. The molecule has 4 aromatic heterocycles. The third kappa shape index (κ3) is 6.08. The zero-order chi connectivity index (χ0) is 25.2. The zero-order valence-corrected chi connectivity index (χ0v) is 23.9. The minimum absolute atomic E-state index is 0.263. The lowest BCUT2D eigenvalue weighted by Gasteiger charge is -2.43. The summed E-state index contributed by atoms with van der Waals surface area (Å²) in [7, 11) is 0. The van der Waals surface area contributed by atoms with Crippen LogP contribution in [0.5, 0.6) is 0 Å². The van der Waals surface area contributed by atoms with Crippen molar-refractivity contribution in [2.75, 3.05) is 26.4 Å². The Bertz CT molecular complexity index is 1280. The van der Waals surface area contributed by atoms with Crippen molar-refractivity contribution in [1.82, 2.24) is 0 Å². The van der Waals surface area contributed by atoms with Crippen LogP contribution in [0, 0.1) is 19.3 Å². The van der Waals surface area contributed by atoms with Crippen molar-refractivity contribution in [1.29, 1.82) is 0 Å². The second-order valence-corrected chi connectivity index (χ2v) is 14.4. The van der Waals surface area contributed by atoms with E-state index in [-0.39, 0.29) is 18.0 Å². The van der Waals surface area contributed by atoms with Crippen LogP contribution in [0.25, 0.3) is 24.3 Å². The molecular formula is C29H28O4S4. The smallest absolute Gasteiger partial charge is 0.193 e. The lowest BCUT2D eigenvalue weighted by molar-refractivity contribution is -0.306. The largest absolute Gasteiger partial charge is 0.347 e. The van der Waals surface area contributed by atoms with Gasteiger partial charge in [0.05, 0.1) is 41.6 Å². The summed E-state index contributed by atoms with van der Waals surface area (Å²) in [5.74, 6) is 0. The van der Waals surface area contributed by atoms with Gasteiger partial charge in [-0.05, 0) is 86.7 Å². The molecule has 0 unspecified atom stereocenters. The summed E-state index contributed by atoms with van der Waals surface area (Å²) in [4.78, 5) is 9.73. The molecule has 2 saturated heterocycles. The van der Waals surface area contributed by atoms with E-state index < -0.39 is 0 Å². The molecule has 0 atom stereocenters. The first-order valence-corrected chi connectivity index (χ1v) is 15.5. The molecule has 37 heavy (non-hydrogen) atoms. The van der Waals surface area contributed by atoms with Gasteiger partial charge in [-0.15, -0.1) is 45.3 Å². The van der Waals surface area contributed by atoms with Crippen molar-refractivity contribution in [3.05, 3.63) is 87.5 Å². The van der Waals surface area contributed by atoms with Gasteiger partial charge in [-0.25, -0.2) is 0 Å². The molecule has 0 saturated carbocycles. The molecule has 8 heteroatoms. The summed E-state index contributed by atoms with van der Waals surface area (Å²) in [5.41, 5.74) is -0.263. The van der Waals surface area contributed by atoms with E-state index in [2.05, 4.69) is 86.7 Å². The average molecular weight is 569 g/mol. The Kier molecular flexibility index (Phi) is 7.61. The molecule has 2 fully saturated rings. The molecule has 0 N–H and O–H groups in total. The summed E-state index contributed by atoms with van der Waals surface area (Å²) in [6, 6.07) is 17.0. The average Bonchev–Trinajstić information content (AvgIpc) is 3.71. The Hall–Kier alpha value is -1.88. The Morgan fingerprint density at radius 1 is 0.541 bits per heavy atom. The maximum atomic E-state index is 6.16.